The van der Waals surface area contributed by atoms with Crippen molar-refractivity contribution in [1.29, 1.82) is 0 Å². The van der Waals surface area contributed by atoms with Crippen molar-refractivity contribution in [1.82, 2.24) is 20.6 Å². The summed E-state index contributed by atoms with van der Waals surface area (Å²) in [7, 11) is 6.02. The zero-order chi connectivity index (χ0) is 27.9. The lowest BCUT2D eigenvalue weighted by Crippen LogP contribution is -1.98. The molecule has 4 rings (SSSR count). The summed E-state index contributed by atoms with van der Waals surface area (Å²) in [6.07, 6.45) is 6.17. The Morgan fingerprint density at radius 1 is 0.718 bits per heavy atom. The number of unbranched alkanes of at least 4 members (excludes halogenated alkanes) is 3. The zero-order valence-corrected chi connectivity index (χ0v) is 23.7. The quantitative estimate of drug-likeness (QED) is 0.161. The monoisotopic (exact) mass is 574 g/mol. The highest BCUT2D eigenvalue weighted by Gasteiger charge is 2.24. The van der Waals surface area contributed by atoms with Gasteiger partial charge < -0.3 is 18.9 Å². The van der Waals surface area contributed by atoms with Crippen LogP contribution in [0.4, 0.5) is 0 Å². The topological polar surface area (TPSA) is 115 Å². The van der Waals surface area contributed by atoms with E-state index in [0.29, 0.717) is 44.1 Å². The minimum atomic E-state index is 0.204. The number of nitrogens with zero attached hydrogens (tertiary/aromatic N) is 4. The molecule has 0 unspecified atom stereocenters. The molecular formula is C27H28Cl2N4O6. The van der Waals surface area contributed by atoms with Gasteiger partial charge >= 0.3 is 0 Å². The van der Waals surface area contributed by atoms with E-state index in [2.05, 4.69) is 33.6 Å². The molecule has 0 bridgehead atoms. The molecule has 4 aromatic rings. The van der Waals surface area contributed by atoms with E-state index in [0.717, 1.165) is 42.4 Å². The molecule has 2 heterocycles. The largest absolute Gasteiger partial charge is 0.494 e. The standard InChI is InChI=1S/C27H28Cl2N4O6/c1-6-7-8-9-10-17(15-11-18(24(34-2)20(28)13-15)22-26(36-4)32-38-30-22)16-12-19(25(35-3)21(29)14-16)23-27(37-5)33-39-31-23/h10-14H,6-9H2,1-5H3. The highest BCUT2D eigenvalue weighted by atomic mass is 35.5. The van der Waals surface area contributed by atoms with Crippen LogP contribution in [0.1, 0.15) is 43.7 Å². The third kappa shape index (κ3) is 5.81. The Balaban J connectivity index is 1.95. The summed E-state index contributed by atoms with van der Waals surface area (Å²) < 4.78 is 31.7. The third-order valence-corrected chi connectivity index (χ3v) is 6.65. The number of halogens is 2. The van der Waals surface area contributed by atoms with E-state index in [1.165, 1.54) is 28.4 Å². The number of hydrogen-bond donors (Lipinski definition) is 0. The van der Waals surface area contributed by atoms with Gasteiger partial charge in [-0.3, -0.25) is 0 Å². The van der Waals surface area contributed by atoms with Gasteiger partial charge in [0.25, 0.3) is 11.8 Å². The van der Waals surface area contributed by atoms with Crippen LogP contribution in [0, 0.1) is 0 Å². The van der Waals surface area contributed by atoms with Crippen LogP contribution in [0.5, 0.6) is 23.3 Å². The van der Waals surface area contributed by atoms with Crippen molar-refractivity contribution in [2.24, 2.45) is 0 Å². The predicted molar refractivity (Wildman–Crippen MR) is 147 cm³/mol. The van der Waals surface area contributed by atoms with Crippen LogP contribution in [0.2, 0.25) is 10.0 Å². The van der Waals surface area contributed by atoms with E-state index in [-0.39, 0.29) is 11.8 Å². The number of hydrogen-bond acceptors (Lipinski definition) is 10. The first kappa shape index (κ1) is 28.3. The number of benzene rings is 2. The number of rotatable bonds is 12. The van der Waals surface area contributed by atoms with Crippen LogP contribution in [-0.4, -0.2) is 49.1 Å². The van der Waals surface area contributed by atoms with E-state index in [1.807, 2.05) is 24.3 Å². The summed E-state index contributed by atoms with van der Waals surface area (Å²) >= 11 is 13.5. The second-order valence-corrected chi connectivity index (χ2v) is 9.25. The molecule has 0 aliphatic rings. The molecule has 0 spiro atoms. The molecule has 2 aromatic heterocycles. The fraction of sp³-hybridized carbons (Fsp3) is 0.333. The van der Waals surface area contributed by atoms with Crippen molar-refractivity contribution in [3.05, 3.63) is 51.5 Å². The van der Waals surface area contributed by atoms with Gasteiger partial charge in [-0.05, 0) is 74.4 Å². The highest BCUT2D eigenvalue weighted by molar-refractivity contribution is 6.33. The first-order valence-corrected chi connectivity index (χ1v) is 12.9. The fourth-order valence-electron chi connectivity index (χ4n) is 4.27. The molecule has 0 N–H and O–H groups in total. The van der Waals surface area contributed by atoms with Crippen molar-refractivity contribution in [3.8, 4) is 45.8 Å². The Kier molecular flexibility index (Phi) is 9.32. The maximum atomic E-state index is 6.73. The van der Waals surface area contributed by atoms with Gasteiger partial charge in [-0.25, -0.2) is 9.26 Å². The van der Waals surface area contributed by atoms with Gasteiger partial charge in [0.05, 0.1) is 49.6 Å². The molecule has 39 heavy (non-hydrogen) atoms. The molecule has 0 saturated heterocycles. The van der Waals surface area contributed by atoms with E-state index < -0.39 is 0 Å². The highest BCUT2D eigenvalue weighted by Crippen LogP contribution is 2.45. The first-order chi connectivity index (χ1) is 19.0. The van der Waals surface area contributed by atoms with Gasteiger partial charge in [0, 0.05) is 0 Å². The van der Waals surface area contributed by atoms with Gasteiger partial charge in [-0.2, -0.15) is 0 Å². The molecule has 0 radical (unpaired) electrons. The van der Waals surface area contributed by atoms with Gasteiger partial charge in [-0.15, -0.1) is 0 Å². The Morgan fingerprint density at radius 3 is 1.62 bits per heavy atom. The normalized spacial score (nSPS) is 10.8. The van der Waals surface area contributed by atoms with Gasteiger partial charge in [-0.1, -0.05) is 49.0 Å². The summed E-state index contributed by atoms with van der Waals surface area (Å²) in [5.74, 6) is 1.23. The van der Waals surface area contributed by atoms with Crippen LogP contribution in [0.15, 0.2) is 39.6 Å². The summed E-state index contributed by atoms with van der Waals surface area (Å²) in [6, 6.07) is 7.44. The van der Waals surface area contributed by atoms with Crippen molar-refractivity contribution >= 4 is 28.8 Å². The van der Waals surface area contributed by atoms with Crippen molar-refractivity contribution in [2.45, 2.75) is 32.6 Å². The van der Waals surface area contributed by atoms with Crippen LogP contribution in [0.3, 0.4) is 0 Å². The van der Waals surface area contributed by atoms with Crippen LogP contribution in [-0.2, 0) is 0 Å². The number of ether oxygens (including phenoxy) is 4. The lowest BCUT2D eigenvalue weighted by molar-refractivity contribution is 0.282. The maximum absolute atomic E-state index is 6.73. The Bertz CT molecular complexity index is 1360. The van der Waals surface area contributed by atoms with Gasteiger partial charge in [0.2, 0.25) is 0 Å². The smallest absolute Gasteiger partial charge is 0.283 e. The first-order valence-electron chi connectivity index (χ1n) is 12.2. The molecule has 0 amide bonds. The van der Waals surface area contributed by atoms with Crippen molar-refractivity contribution in [3.63, 3.8) is 0 Å². The number of aromatic nitrogens is 4. The number of methoxy groups -OCH3 is 4. The third-order valence-electron chi connectivity index (χ3n) is 6.09. The number of allylic oxidation sites excluding steroid dienone is 1. The molecule has 0 atom stereocenters. The van der Waals surface area contributed by atoms with Crippen molar-refractivity contribution in [2.75, 3.05) is 28.4 Å². The molecule has 2 aromatic carbocycles. The second-order valence-electron chi connectivity index (χ2n) is 8.44. The molecular weight excluding hydrogens is 547 g/mol. The molecule has 0 fully saturated rings. The van der Waals surface area contributed by atoms with Gasteiger partial charge in [0.15, 0.2) is 11.4 Å². The molecule has 12 heteroatoms. The lowest BCUT2D eigenvalue weighted by Gasteiger charge is -2.17. The lowest BCUT2D eigenvalue weighted by atomic mass is 9.92. The SMILES string of the molecule is CCCCCC=C(c1cc(Cl)c(OC)c(-c2nonc2OC)c1)c1cc(Cl)c(OC)c(-c2nonc2OC)c1. The minimum absolute atomic E-state index is 0.204. The average molecular weight is 575 g/mol. The van der Waals surface area contributed by atoms with Gasteiger partial charge in [0.1, 0.15) is 11.5 Å². The predicted octanol–water partition coefficient (Wildman–Crippen LogP) is 7.14. The summed E-state index contributed by atoms with van der Waals surface area (Å²) in [4.78, 5) is 0. The maximum Gasteiger partial charge on any atom is 0.283 e. The van der Waals surface area contributed by atoms with E-state index in [9.17, 15) is 0 Å². The minimum Gasteiger partial charge on any atom is -0.494 e. The van der Waals surface area contributed by atoms with E-state index in [4.69, 9.17) is 51.4 Å². The van der Waals surface area contributed by atoms with Crippen LogP contribution < -0.4 is 18.9 Å². The van der Waals surface area contributed by atoms with Crippen LogP contribution >= 0.6 is 23.2 Å². The molecule has 10 nitrogen and oxygen atoms in total. The summed E-state index contributed by atoms with van der Waals surface area (Å²) in [5.41, 5.74) is 4.27. The average Bonchev–Trinajstić information content (AvgIpc) is 3.61. The zero-order valence-electron chi connectivity index (χ0n) is 22.2. The van der Waals surface area contributed by atoms with E-state index >= 15 is 0 Å². The second kappa shape index (κ2) is 12.9. The Labute approximate surface area is 235 Å². The fourth-order valence-corrected chi connectivity index (χ4v) is 4.86. The molecule has 0 aliphatic heterocycles. The van der Waals surface area contributed by atoms with Crippen molar-refractivity contribution < 1.29 is 28.2 Å². The molecule has 206 valence electrons. The Hall–Kier alpha value is -3.76. The Morgan fingerprint density at radius 2 is 1.21 bits per heavy atom. The van der Waals surface area contributed by atoms with Crippen LogP contribution in [0.25, 0.3) is 28.1 Å². The van der Waals surface area contributed by atoms with E-state index in [1.54, 1.807) is 0 Å². The summed E-state index contributed by atoms with van der Waals surface area (Å²) in [5, 5.41) is 16.4. The molecule has 0 aliphatic carbocycles. The molecule has 0 saturated carbocycles. The summed E-state index contributed by atoms with van der Waals surface area (Å²) in [6.45, 7) is 2.16.